The summed E-state index contributed by atoms with van der Waals surface area (Å²) in [6, 6.07) is 16.2. The third kappa shape index (κ3) is 16.4. The number of carboxylic acids is 1. The normalized spacial score (nSPS) is 11.3. The number of nitrogens with one attached hydrogen (secondary N) is 4. The van der Waals surface area contributed by atoms with Crippen LogP contribution >= 0.6 is 11.3 Å². The lowest BCUT2D eigenvalue weighted by Crippen LogP contribution is -2.28. The number of urea groups is 1. The summed E-state index contributed by atoms with van der Waals surface area (Å²) in [6.45, 7) is 9.27. The van der Waals surface area contributed by atoms with Crippen LogP contribution in [-0.2, 0) is 20.9 Å². The van der Waals surface area contributed by atoms with Gasteiger partial charge in [0.15, 0.2) is 10.9 Å². The average molecular weight is 668 g/mol. The van der Waals surface area contributed by atoms with Gasteiger partial charge in [-0.3, -0.25) is 24.5 Å². The van der Waals surface area contributed by atoms with Gasteiger partial charge in [-0.1, -0.05) is 58.0 Å². The number of hydrogen-bond donors (Lipinski definition) is 5. The standard InChI is InChI=1S/C18H27NO4.C16H18N4O3S/c1-13(12-16(20)21)17(22)19-14-6-8-15(9-7-14)23-11-5-10-18(2,3)4;1-17-14(22)8-7-13(21)12-10-24-16(19-12)20-15(23)18-9-11-5-3-2-4-6-11/h6-9,13H,5,10-12H2,1-4H3,(H,19,22)(H,20,21);2-6,10H,7-9H2,1H3,(H,17,22)(H2,18,19,20,23)/t13-;/m0./s1. The van der Waals surface area contributed by atoms with E-state index in [0.29, 0.717) is 29.4 Å². The van der Waals surface area contributed by atoms with Crippen LogP contribution < -0.4 is 26.0 Å². The van der Waals surface area contributed by atoms with E-state index in [1.165, 1.54) is 7.05 Å². The lowest BCUT2D eigenvalue weighted by atomic mass is 9.91. The van der Waals surface area contributed by atoms with Gasteiger partial charge in [-0.25, -0.2) is 9.78 Å². The predicted molar refractivity (Wildman–Crippen MR) is 183 cm³/mol. The van der Waals surface area contributed by atoms with Gasteiger partial charge in [0.25, 0.3) is 0 Å². The van der Waals surface area contributed by atoms with Crippen molar-refractivity contribution in [3.8, 4) is 5.75 Å². The topological polar surface area (TPSA) is 176 Å². The highest BCUT2D eigenvalue weighted by Crippen LogP contribution is 2.22. The molecule has 0 spiro atoms. The van der Waals surface area contributed by atoms with Crippen molar-refractivity contribution in [2.24, 2.45) is 11.3 Å². The van der Waals surface area contributed by atoms with Crippen molar-refractivity contribution in [3.63, 3.8) is 0 Å². The van der Waals surface area contributed by atoms with Crippen molar-refractivity contribution in [2.75, 3.05) is 24.3 Å². The first-order chi connectivity index (χ1) is 22.3. The number of thiazole rings is 1. The second-order valence-electron chi connectivity index (χ2n) is 12.0. The molecule has 0 saturated heterocycles. The Kier molecular flexibility index (Phi) is 16.1. The molecule has 0 aliphatic heterocycles. The van der Waals surface area contributed by atoms with Gasteiger partial charge in [-0.15, -0.1) is 11.3 Å². The van der Waals surface area contributed by atoms with Crippen molar-refractivity contribution in [1.82, 2.24) is 15.6 Å². The fourth-order valence-electron chi connectivity index (χ4n) is 3.91. The first kappa shape index (κ1) is 38.4. The molecule has 12 nitrogen and oxygen atoms in total. The maximum absolute atomic E-state index is 11.9. The van der Waals surface area contributed by atoms with Crippen LogP contribution in [0, 0.1) is 11.3 Å². The summed E-state index contributed by atoms with van der Waals surface area (Å²) in [5.41, 5.74) is 2.18. The van der Waals surface area contributed by atoms with E-state index >= 15 is 0 Å². The number of Topliss-reactive ketones (excluding diaryl/α,β-unsaturated/α-hetero) is 1. The predicted octanol–water partition coefficient (Wildman–Crippen LogP) is 6.11. The Bertz CT molecular complexity index is 1450. The Morgan fingerprint density at radius 3 is 2.26 bits per heavy atom. The van der Waals surface area contributed by atoms with Gasteiger partial charge in [0.05, 0.1) is 13.0 Å². The van der Waals surface area contributed by atoms with E-state index in [0.717, 1.165) is 35.5 Å². The van der Waals surface area contributed by atoms with Gasteiger partial charge in [0.1, 0.15) is 11.4 Å². The highest BCUT2D eigenvalue weighted by Gasteiger charge is 2.17. The summed E-state index contributed by atoms with van der Waals surface area (Å²) < 4.78 is 5.67. The zero-order chi connectivity index (χ0) is 34.8. The van der Waals surface area contributed by atoms with Crippen LogP contribution in [0.1, 0.15) is 75.9 Å². The highest BCUT2D eigenvalue weighted by atomic mass is 32.1. The Labute approximate surface area is 279 Å². The number of rotatable bonds is 15. The second kappa shape index (κ2) is 19.7. The first-order valence-electron chi connectivity index (χ1n) is 15.3. The maximum Gasteiger partial charge on any atom is 0.321 e. The molecule has 0 bridgehead atoms. The summed E-state index contributed by atoms with van der Waals surface area (Å²) in [4.78, 5) is 61.4. The number of carbonyl (C=O) groups excluding carboxylic acids is 4. The molecule has 4 amide bonds. The van der Waals surface area contributed by atoms with Crippen LogP contribution in [0.2, 0.25) is 0 Å². The van der Waals surface area contributed by atoms with E-state index in [9.17, 15) is 24.0 Å². The molecule has 47 heavy (non-hydrogen) atoms. The summed E-state index contributed by atoms with van der Waals surface area (Å²) in [5, 5.41) is 21.1. The van der Waals surface area contributed by atoms with Gasteiger partial charge in [0.2, 0.25) is 11.8 Å². The molecule has 0 radical (unpaired) electrons. The van der Waals surface area contributed by atoms with Crippen molar-refractivity contribution in [1.29, 1.82) is 0 Å². The van der Waals surface area contributed by atoms with Crippen molar-refractivity contribution in [3.05, 3.63) is 71.2 Å². The number of carboxylic acid groups (broad SMARTS) is 1. The molecule has 0 saturated carbocycles. The number of hydrogen-bond acceptors (Lipinski definition) is 8. The lowest BCUT2D eigenvalue weighted by molar-refractivity contribution is -0.139. The number of ether oxygens (including phenoxy) is 1. The van der Waals surface area contributed by atoms with Crippen LogP contribution in [0.3, 0.4) is 0 Å². The Balaban J connectivity index is 0.000000327. The zero-order valence-electron chi connectivity index (χ0n) is 27.6. The molecule has 0 aliphatic rings. The van der Waals surface area contributed by atoms with Crippen LogP contribution in [0.15, 0.2) is 60.0 Å². The summed E-state index contributed by atoms with van der Waals surface area (Å²) >= 11 is 1.16. The number of carbonyl (C=O) groups is 5. The monoisotopic (exact) mass is 667 g/mol. The van der Waals surface area contributed by atoms with Gasteiger partial charge >= 0.3 is 12.0 Å². The van der Waals surface area contributed by atoms with Crippen molar-refractivity contribution >= 4 is 51.8 Å². The van der Waals surface area contributed by atoms with Crippen LogP contribution in [0.4, 0.5) is 15.6 Å². The number of anilines is 2. The summed E-state index contributed by atoms with van der Waals surface area (Å²) in [6.07, 6.45) is 2.12. The smallest absolute Gasteiger partial charge is 0.321 e. The molecule has 3 rings (SSSR count). The number of benzene rings is 2. The summed E-state index contributed by atoms with van der Waals surface area (Å²) in [7, 11) is 1.52. The number of aromatic nitrogens is 1. The second-order valence-corrected chi connectivity index (χ2v) is 12.8. The molecular formula is C34H45N5O7S. The fraction of sp³-hybridized carbons (Fsp3) is 0.412. The number of nitrogens with zero attached hydrogens (tertiary/aromatic N) is 1. The van der Waals surface area contributed by atoms with Crippen molar-refractivity contribution < 1.29 is 33.8 Å². The molecule has 0 fully saturated rings. The van der Waals surface area contributed by atoms with Crippen LogP contribution in [0.5, 0.6) is 5.75 Å². The molecule has 254 valence electrons. The lowest BCUT2D eigenvalue weighted by Gasteiger charge is -2.17. The SMILES string of the molecule is CNC(=O)CCC(=O)c1csc(NC(=O)NCc2ccccc2)n1.C[C@@H](CC(=O)O)C(=O)Nc1ccc(OCCCC(C)(C)C)cc1. The molecular weight excluding hydrogens is 622 g/mol. The van der Waals surface area contributed by atoms with E-state index < -0.39 is 17.9 Å². The molecule has 13 heteroatoms. The largest absolute Gasteiger partial charge is 0.494 e. The molecule has 5 N–H and O–H groups in total. The highest BCUT2D eigenvalue weighted by molar-refractivity contribution is 7.14. The van der Waals surface area contributed by atoms with E-state index in [2.05, 4.69) is 47.0 Å². The Morgan fingerprint density at radius 2 is 1.64 bits per heavy atom. The molecule has 1 aromatic heterocycles. The van der Waals surface area contributed by atoms with Gasteiger partial charge < -0.3 is 25.8 Å². The van der Waals surface area contributed by atoms with E-state index in [-0.39, 0.29) is 42.6 Å². The van der Waals surface area contributed by atoms with Gasteiger partial charge in [-0.2, -0.15) is 0 Å². The number of amides is 4. The minimum Gasteiger partial charge on any atom is -0.494 e. The Morgan fingerprint density at radius 1 is 0.957 bits per heavy atom. The maximum atomic E-state index is 11.9. The molecule has 0 aliphatic carbocycles. The quantitative estimate of drug-likeness (QED) is 0.0952. The third-order valence-corrected chi connectivity index (χ3v) is 7.31. The molecule has 1 atom stereocenters. The van der Waals surface area contributed by atoms with Crippen LogP contribution in [-0.4, -0.2) is 53.3 Å². The number of ketones is 1. The summed E-state index contributed by atoms with van der Waals surface area (Å²) in [5.74, 6) is -1.51. The molecule has 0 unspecified atom stereocenters. The fourth-order valence-corrected chi connectivity index (χ4v) is 4.62. The first-order valence-corrected chi connectivity index (χ1v) is 16.2. The third-order valence-electron chi connectivity index (χ3n) is 6.55. The van der Waals surface area contributed by atoms with E-state index in [1.54, 1.807) is 36.6 Å². The minimum atomic E-state index is -0.980. The van der Waals surface area contributed by atoms with Gasteiger partial charge in [-0.05, 0) is 48.1 Å². The van der Waals surface area contributed by atoms with Gasteiger partial charge in [0, 0.05) is 43.4 Å². The molecule has 3 aromatic rings. The molecule has 2 aromatic carbocycles. The van der Waals surface area contributed by atoms with Crippen LogP contribution in [0.25, 0.3) is 0 Å². The minimum absolute atomic E-state index is 0.0864. The van der Waals surface area contributed by atoms with E-state index in [1.807, 2.05) is 30.3 Å². The molecule has 1 heterocycles. The van der Waals surface area contributed by atoms with E-state index in [4.69, 9.17) is 9.84 Å². The van der Waals surface area contributed by atoms with Crippen molar-refractivity contribution in [2.45, 2.75) is 66.3 Å². The number of aliphatic carboxylic acids is 1. The zero-order valence-corrected chi connectivity index (χ0v) is 28.4. The average Bonchev–Trinajstić information content (AvgIpc) is 3.50. The Hall–Kier alpha value is -4.78.